The zero-order valence-electron chi connectivity index (χ0n) is 8.68. The van der Waals surface area contributed by atoms with Crippen LogP contribution in [-0.4, -0.2) is 44.2 Å². The van der Waals surface area contributed by atoms with E-state index < -0.39 is 0 Å². The van der Waals surface area contributed by atoms with Gasteiger partial charge in [-0.2, -0.15) is 0 Å². The number of rotatable bonds is 5. The van der Waals surface area contributed by atoms with Crippen molar-refractivity contribution < 1.29 is 0 Å². The molecule has 0 unspecified atom stereocenters. The first-order valence-corrected chi connectivity index (χ1v) is 5.33. The van der Waals surface area contributed by atoms with Crippen molar-refractivity contribution in [2.24, 2.45) is 5.73 Å². The van der Waals surface area contributed by atoms with Gasteiger partial charge >= 0.3 is 0 Å². The number of hydrogen-bond donors (Lipinski definition) is 2. The van der Waals surface area contributed by atoms with Crippen LogP contribution in [0.15, 0.2) is 0 Å². The molecule has 13 heavy (non-hydrogen) atoms. The Labute approximate surface area is 81.7 Å². The van der Waals surface area contributed by atoms with E-state index in [-0.39, 0.29) is 0 Å². The zero-order chi connectivity index (χ0) is 9.52. The summed E-state index contributed by atoms with van der Waals surface area (Å²) in [5.74, 6) is 1.50. The monoisotopic (exact) mass is 184 g/mol. The van der Waals surface area contributed by atoms with E-state index in [1.807, 2.05) is 0 Å². The number of nitrogens with zero attached hydrogens (tertiary/aromatic N) is 1. The topological polar surface area (TPSA) is 41.3 Å². The van der Waals surface area contributed by atoms with Gasteiger partial charge in [-0.15, -0.1) is 0 Å². The molecule has 1 heterocycles. The summed E-state index contributed by atoms with van der Waals surface area (Å²) >= 11 is 0. The van der Waals surface area contributed by atoms with Crippen molar-refractivity contribution in [3.8, 4) is 0 Å². The molecule has 3 N–H and O–H groups in total. The van der Waals surface area contributed by atoms with Gasteiger partial charge in [0.15, 0.2) is 0 Å². The molecule has 1 rings (SSSR count). The van der Waals surface area contributed by atoms with Gasteiger partial charge in [-0.1, -0.05) is 6.92 Å². The van der Waals surface area contributed by atoms with Crippen LogP contribution in [0, 0.1) is 5.92 Å². The molecule has 1 saturated heterocycles. The molecule has 3 nitrogen and oxygen atoms in total. The van der Waals surface area contributed by atoms with Crippen LogP contribution < -0.4 is 11.1 Å². The van der Waals surface area contributed by atoms with Crippen LogP contribution in [0.1, 0.15) is 19.8 Å². The highest BCUT2D eigenvalue weighted by Crippen LogP contribution is 2.09. The molecule has 0 aliphatic carbocycles. The summed E-state index contributed by atoms with van der Waals surface area (Å²) in [5.41, 5.74) is 5.63. The van der Waals surface area contributed by atoms with Gasteiger partial charge in [0, 0.05) is 26.2 Å². The molecule has 0 atom stereocenters. The third kappa shape index (κ3) is 4.07. The minimum absolute atomic E-state index is 0.766. The minimum Gasteiger partial charge on any atom is -0.330 e. The van der Waals surface area contributed by atoms with Crippen molar-refractivity contribution in [1.82, 2.24) is 10.2 Å². The van der Waals surface area contributed by atoms with Gasteiger partial charge < -0.3 is 16.0 Å². The third-order valence-electron chi connectivity index (χ3n) is 2.78. The molecule has 0 aromatic rings. The fraction of sp³-hybridized carbons (Fsp3) is 0.900. The minimum atomic E-state index is 0.766. The highest BCUT2D eigenvalue weighted by atomic mass is 15.2. The molecule has 1 aliphatic heterocycles. The second-order valence-corrected chi connectivity index (χ2v) is 3.65. The van der Waals surface area contributed by atoms with Crippen molar-refractivity contribution in [3.05, 3.63) is 5.92 Å². The summed E-state index contributed by atoms with van der Waals surface area (Å²) in [4.78, 5) is 2.52. The SMILES string of the molecule is CC[C](CN)CCN1CCNCC1. The molecule has 0 aromatic carbocycles. The van der Waals surface area contributed by atoms with Crippen LogP contribution in [0.3, 0.4) is 0 Å². The lowest BCUT2D eigenvalue weighted by atomic mass is 10.0. The quantitative estimate of drug-likeness (QED) is 0.642. The van der Waals surface area contributed by atoms with Gasteiger partial charge in [-0.05, 0) is 31.8 Å². The summed E-state index contributed by atoms with van der Waals surface area (Å²) in [5, 5.41) is 3.36. The number of nitrogens with two attached hydrogens (primary N) is 1. The normalized spacial score (nSPS) is 19.6. The van der Waals surface area contributed by atoms with E-state index in [1.54, 1.807) is 0 Å². The van der Waals surface area contributed by atoms with E-state index in [4.69, 9.17) is 5.73 Å². The maximum atomic E-state index is 5.63. The van der Waals surface area contributed by atoms with Crippen molar-refractivity contribution in [3.63, 3.8) is 0 Å². The van der Waals surface area contributed by atoms with Crippen LogP contribution in [0.5, 0.6) is 0 Å². The van der Waals surface area contributed by atoms with Crippen LogP contribution in [0.4, 0.5) is 0 Å². The molecule has 0 aromatic heterocycles. The standard InChI is InChI=1S/C10H22N3/c1-2-10(9-11)3-6-13-7-4-12-5-8-13/h12H,2-9,11H2,1H3. The van der Waals surface area contributed by atoms with Crippen LogP contribution in [0.2, 0.25) is 0 Å². The smallest absolute Gasteiger partial charge is 0.0107 e. The summed E-state index contributed by atoms with van der Waals surface area (Å²) in [6.07, 6.45) is 2.33. The largest absolute Gasteiger partial charge is 0.330 e. The summed E-state index contributed by atoms with van der Waals surface area (Å²) in [6.45, 7) is 8.84. The van der Waals surface area contributed by atoms with Gasteiger partial charge in [-0.25, -0.2) is 0 Å². The van der Waals surface area contributed by atoms with Gasteiger partial charge in [0.05, 0.1) is 0 Å². The molecule has 0 amide bonds. The maximum absolute atomic E-state index is 5.63. The van der Waals surface area contributed by atoms with Crippen LogP contribution in [-0.2, 0) is 0 Å². The second kappa shape index (κ2) is 6.35. The zero-order valence-corrected chi connectivity index (χ0v) is 8.68. The van der Waals surface area contributed by atoms with Gasteiger partial charge in [-0.3, -0.25) is 0 Å². The van der Waals surface area contributed by atoms with Crippen LogP contribution >= 0.6 is 0 Å². The fourth-order valence-corrected chi connectivity index (χ4v) is 1.67. The Morgan fingerprint density at radius 2 is 2.08 bits per heavy atom. The summed E-state index contributed by atoms with van der Waals surface area (Å²) < 4.78 is 0. The van der Waals surface area contributed by atoms with Crippen LogP contribution in [0.25, 0.3) is 0 Å². The molecule has 0 spiro atoms. The Morgan fingerprint density at radius 3 is 2.62 bits per heavy atom. The molecule has 77 valence electrons. The lowest BCUT2D eigenvalue weighted by molar-refractivity contribution is 0.239. The molecule has 0 saturated carbocycles. The summed E-state index contributed by atoms with van der Waals surface area (Å²) in [6, 6.07) is 0. The Morgan fingerprint density at radius 1 is 1.38 bits per heavy atom. The lowest BCUT2D eigenvalue weighted by Crippen LogP contribution is -2.44. The summed E-state index contributed by atoms with van der Waals surface area (Å²) in [7, 11) is 0. The van der Waals surface area contributed by atoms with E-state index in [9.17, 15) is 0 Å². The Bertz CT molecular complexity index is 117. The van der Waals surface area contributed by atoms with E-state index in [0.717, 1.165) is 26.1 Å². The van der Waals surface area contributed by atoms with E-state index >= 15 is 0 Å². The van der Waals surface area contributed by atoms with Crippen molar-refractivity contribution >= 4 is 0 Å². The van der Waals surface area contributed by atoms with E-state index in [2.05, 4.69) is 17.1 Å². The highest BCUT2D eigenvalue weighted by Gasteiger charge is 2.11. The Kier molecular flexibility index (Phi) is 5.35. The van der Waals surface area contributed by atoms with Gasteiger partial charge in [0.1, 0.15) is 0 Å². The number of hydrogen-bond acceptors (Lipinski definition) is 3. The van der Waals surface area contributed by atoms with Crippen molar-refractivity contribution in [2.45, 2.75) is 19.8 Å². The molecule has 3 heteroatoms. The maximum Gasteiger partial charge on any atom is 0.0107 e. The predicted molar refractivity (Wildman–Crippen MR) is 56.5 cm³/mol. The van der Waals surface area contributed by atoms with E-state index in [0.29, 0.717) is 0 Å². The average molecular weight is 184 g/mol. The molecule has 1 aliphatic rings. The first-order valence-electron chi connectivity index (χ1n) is 5.33. The fourth-order valence-electron chi connectivity index (χ4n) is 1.67. The third-order valence-corrected chi connectivity index (χ3v) is 2.78. The Balaban J connectivity index is 2.09. The number of nitrogens with one attached hydrogen (secondary N) is 1. The Hall–Kier alpha value is -0.120. The van der Waals surface area contributed by atoms with E-state index in [1.165, 1.54) is 32.0 Å². The average Bonchev–Trinajstić information content (AvgIpc) is 2.21. The first-order chi connectivity index (χ1) is 6.36. The highest BCUT2D eigenvalue weighted by molar-refractivity contribution is 4.90. The molecule has 1 radical (unpaired) electrons. The lowest BCUT2D eigenvalue weighted by Gasteiger charge is -2.28. The molecule has 1 fully saturated rings. The molecular formula is C10H22N3. The number of piperazine rings is 1. The first kappa shape index (κ1) is 11.0. The molecular weight excluding hydrogens is 162 g/mol. The van der Waals surface area contributed by atoms with Crippen molar-refractivity contribution in [2.75, 3.05) is 39.3 Å². The predicted octanol–water partition coefficient (Wildman–Crippen LogP) is 0.225. The molecule has 0 bridgehead atoms. The second-order valence-electron chi connectivity index (χ2n) is 3.65. The van der Waals surface area contributed by atoms with Gasteiger partial charge in [0.25, 0.3) is 0 Å². The van der Waals surface area contributed by atoms with Crippen molar-refractivity contribution in [1.29, 1.82) is 0 Å². The van der Waals surface area contributed by atoms with Gasteiger partial charge in [0.2, 0.25) is 0 Å².